The Balaban J connectivity index is 1.73. The maximum absolute atomic E-state index is 13.5. The van der Waals surface area contributed by atoms with Crippen LogP contribution in [0.3, 0.4) is 0 Å². The molecule has 1 aliphatic heterocycles. The molecule has 0 spiro atoms. The SMILES string of the molecule is Cc1cc(O[C@@H]2O[C@@H](C)[C@@H](O)[C@@H](O)[C@H]2O)c2c3c(c(O)cc2c1)C(=O)c1c(O)cccc1C3=O. The van der Waals surface area contributed by atoms with Crippen LogP contribution in [0.5, 0.6) is 17.2 Å². The molecule has 5 atom stereocenters. The van der Waals surface area contributed by atoms with Crippen LogP contribution in [0.1, 0.15) is 44.3 Å². The molecular weight excluding hydrogens is 444 g/mol. The first-order chi connectivity index (χ1) is 16.1. The molecular formula is C25H22O9. The van der Waals surface area contributed by atoms with Crippen LogP contribution in [0, 0.1) is 6.92 Å². The number of aromatic hydroxyl groups is 2. The van der Waals surface area contributed by atoms with Crippen LogP contribution in [-0.4, -0.2) is 67.8 Å². The summed E-state index contributed by atoms with van der Waals surface area (Å²) in [7, 11) is 0. The highest BCUT2D eigenvalue weighted by Gasteiger charge is 2.44. The minimum absolute atomic E-state index is 0.0166. The van der Waals surface area contributed by atoms with Crippen molar-refractivity contribution in [1.82, 2.24) is 0 Å². The van der Waals surface area contributed by atoms with Gasteiger partial charge in [-0.3, -0.25) is 9.59 Å². The number of aryl methyl sites for hydroxylation is 1. The summed E-state index contributed by atoms with van der Waals surface area (Å²) in [5.41, 5.74) is 0.104. The van der Waals surface area contributed by atoms with Crippen molar-refractivity contribution in [3.63, 3.8) is 0 Å². The molecule has 9 heteroatoms. The lowest BCUT2D eigenvalue weighted by Gasteiger charge is -2.39. The lowest BCUT2D eigenvalue weighted by molar-refractivity contribution is -0.267. The molecule has 1 saturated heterocycles. The van der Waals surface area contributed by atoms with E-state index in [1.165, 1.54) is 31.2 Å². The first-order valence-electron chi connectivity index (χ1n) is 10.7. The van der Waals surface area contributed by atoms with Crippen LogP contribution in [0.2, 0.25) is 0 Å². The summed E-state index contributed by atoms with van der Waals surface area (Å²) in [6.45, 7) is 3.26. The Bertz CT molecular complexity index is 1360. The Hall–Kier alpha value is -3.50. The summed E-state index contributed by atoms with van der Waals surface area (Å²) in [4.78, 5) is 26.8. The summed E-state index contributed by atoms with van der Waals surface area (Å²) in [5.74, 6) is -2.02. The third-order valence-corrected chi connectivity index (χ3v) is 6.35. The Morgan fingerprint density at radius 1 is 0.853 bits per heavy atom. The molecule has 2 aliphatic rings. The summed E-state index contributed by atoms with van der Waals surface area (Å²) >= 11 is 0. The zero-order valence-electron chi connectivity index (χ0n) is 18.2. The van der Waals surface area contributed by atoms with Crippen molar-refractivity contribution in [3.8, 4) is 17.2 Å². The topological polar surface area (TPSA) is 154 Å². The van der Waals surface area contributed by atoms with E-state index < -0.39 is 48.0 Å². The number of hydrogen-bond donors (Lipinski definition) is 5. The van der Waals surface area contributed by atoms with Gasteiger partial charge in [0.25, 0.3) is 0 Å². The van der Waals surface area contributed by atoms with E-state index in [0.29, 0.717) is 10.9 Å². The third kappa shape index (κ3) is 3.17. The fourth-order valence-electron chi connectivity index (χ4n) is 4.65. The molecule has 0 unspecified atom stereocenters. The molecule has 3 aromatic rings. The molecule has 1 aliphatic carbocycles. The number of fused-ring (bicyclic) bond motifs is 4. The van der Waals surface area contributed by atoms with Gasteiger partial charge in [0.2, 0.25) is 12.1 Å². The predicted molar refractivity (Wildman–Crippen MR) is 118 cm³/mol. The molecule has 3 aromatic carbocycles. The number of carbonyl (C=O) groups excluding carboxylic acids is 2. The monoisotopic (exact) mass is 466 g/mol. The third-order valence-electron chi connectivity index (χ3n) is 6.35. The highest BCUT2D eigenvalue weighted by molar-refractivity contribution is 6.34. The first-order valence-corrected chi connectivity index (χ1v) is 10.7. The van der Waals surface area contributed by atoms with Crippen molar-refractivity contribution >= 4 is 22.3 Å². The van der Waals surface area contributed by atoms with E-state index in [2.05, 4.69) is 0 Å². The second kappa shape index (κ2) is 7.78. The lowest BCUT2D eigenvalue weighted by atomic mass is 9.80. The van der Waals surface area contributed by atoms with Crippen LogP contribution in [0.15, 0.2) is 36.4 Å². The van der Waals surface area contributed by atoms with E-state index in [0.717, 1.165) is 0 Å². The fraction of sp³-hybridized carbons (Fsp3) is 0.280. The van der Waals surface area contributed by atoms with Crippen molar-refractivity contribution in [2.24, 2.45) is 0 Å². The second-order valence-corrected chi connectivity index (χ2v) is 8.66. The standard InChI is InChI=1S/C25H22O9/c1-9-6-11-8-14(27)18-19(21(29)12-4-3-5-13(26)17(12)22(18)30)16(11)15(7-9)34-25-24(32)23(31)20(28)10(2)33-25/h3-8,10,20,23-28,31-32H,1-2H3/t10-,20+,23+,24+,25-/m0/s1. The van der Waals surface area contributed by atoms with Gasteiger partial charge in [-0.1, -0.05) is 18.2 Å². The predicted octanol–water partition coefficient (Wildman–Crippen LogP) is 1.54. The van der Waals surface area contributed by atoms with E-state index >= 15 is 0 Å². The van der Waals surface area contributed by atoms with E-state index in [9.17, 15) is 35.1 Å². The van der Waals surface area contributed by atoms with Gasteiger partial charge in [0, 0.05) is 16.5 Å². The van der Waals surface area contributed by atoms with Gasteiger partial charge >= 0.3 is 0 Å². The van der Waals surface area contributed by atoms with E-state index in [1.54, 1.807) is 19.1 Å². The lowest BCUT2D eigenvalue weighted by Crippen LogP contribution is -2.58. The van der Waals surface area contributed by atoms with Crippen LogP contribution in [0.25, 0.3) is 10.8 Å². The van der Waals surface area contributed by atoms with Gasteiger partial charge in [-0.25, -0.2) is 0 Å². The maximum Gasteiger partial charge on any atom is 0.229 e. The molecule has 0 radical (unpaired) electrons. The van der Waals surface area contributed by atoms with Gasteiger partial charge in [0.05, 0.1) is 17.2 Å². The first kappa shape index (κ1) is 22.3. The highest BCUT2D eigenvalue weighted by atomic mass is 16.7. The van der Waals surface area contributed by atoms with E-state index in [4.69, 9.17) is 9.47 Å². The summed E-state index contributed by atoms with van der Waals surface area (Å²) in [6.07, 6.45) is -6.67. The Morgan fingerprint density at radius 2 is 1.59 bits per heavy atom. The maximum atomic E-state index is 13.5. The summed E-state index contributed by atoms with van der Waals surface area (Å²) < 4.78 is 11.5. The Kier molecular flexibility index (Phi) is 5.10. The number of carbonyl (C=O) groups is 2. The number of phenolic OH excluding ortho intramolecular Hbond substituents is 2. The largest absolute Gasteiger partial charge is 0.507 e. The average Bonchev–Trinajstić information content (AvgIpc) is 2.78. The van der Waals surface area contributed by atoms with Gasteiger partial charge in [-0.2, -0.15) is 0 Å². The highest BCUT2D eigenvalue weighted by Crippen LogP contribution is 2.44. The number of ketones is 2. The van der Waals surface area contributed by atoms with Gasteiger partial charge < -0.3 is 35.0 Å². The molecule has 1 heterocycles. The zero-order valence-corrected chi connectivity index (χ0v) is 18.2. The van der Waals surface area contributed by atoms with Crippen LogP contribution < -0.4 is 4.74 Å². The number of aliphatic hydroxyl groups excluding tert-OH is 3. The molecule has 0 saturated carbocycles. The van der Waals surface area contributed by atoms with E-state index in [1.807, 2.05) is 0 Å². The molecule has 9 nitrogen and oxygen atoms in total. The van der Waals surface area contributed by atoms with Crippen LogP contribution >= 0.6 is 0 Å². The van der Waals surface area contributed by atoms with Crippen LogP contribution in [-0.2, 0) is 4.74 Å². The number of benzene rings is 3. The van der Waals surface area contributed by atoms with E-state index in [-0.39, 0.29) is 39.1 Å². The molecule has 176 valence electrons. The van der Waals surface area contributed by atoms with Crippen molar-refractivity contribution in [2.45, 2.75) is 44.6 Å². The molecule has 0 amide bonds. The van der Waals surface area contributed by atoms with Crippen molar-refractivity contribution in [3.05, 3.63) is 64.2 Å². The molecule has 34 heavy (non-hydrogen) atoms. The van der Waals surface area contributed by atoms with Crippen LogP contribution in [0.4, 0.5) is 0 Å². The minimum Gasteiger partial charge on any atom is -0.507 e. The molecule has 0 bridgehead atoms. The number of aliphatic hydroxyl groups is 3. The van der Waals surface area contributed by atoms with Gasteiger partial charge in [-0.15, -0.1) is 0 Å². The number of rotatable bonds is 2. The minimum atomic E-state index is -1.59. The number of hydrogen-bond acceptors (Lipinski definition) is 9. The molecule has 0 aromatic heterocycles. The summed E-state index contributed by atoms with van der Waals surface area (Å²) in [5, 5.41) is 52.0. The van der Waals surface area contributed by atoms with Crippen molar-refractivity contribution in [2.75, 3.05) is 0 Å². The van der Waals surface area contributed by atoms with Gasteiger partial charge in [0.15, 0.2) is 5.78 Å². The van der Waals surface area contributed by atoms with Gasteiger partial charge in [-0.05, 0) is 43.0 Å². The molecule has 5 N–H and O–H groups in total. The summed E-state index contributed by atoms with van der Waals surface area (Å²) in [6, 6.07) is 8.73. The van der Waals surface area contributed by atoms with Crippen molar-refractivity contribution in [1.29, 1.82) is 0 Å². The molecule has 5 rings (SSSR count). The second-order valence-electron chi connectivity index (χ2n) is 8.66. The zero-order chi connectivity index (χ0) is 24.5. The molecule has 1 fully saturated rings. The van der Waals surface area contributed by atoms with Gasteiger partial charge in [0.1, 0.15) is 35.6 Å². The normalized spacial score (nSPS) is 26.3. The van der Waals surface area contributed by atoms with Crippen molar-refractivity contribution < 1.29 is 44.6 Å². The Labute approximate surface area is 193 Å². The number of phenols is 2. The quantitative estimate of drug-likeness (QED) is 0.296. The number of ether oxygens (including phenoxy) is 2. The smallest absolute Gasteiger partial charge is 0.229 e. The fourth-order valence-corrected chi connectivity index (χ4v) is 4.65. The Morgan fingerprint density at radius 3 is 2.32 bits per heavy atom. The average molecular weight is 466 g/mol.